The summed E-state index contributed by atoms with van der Waals surface area (Å²) < 4.78 is 0. The molecule has 2 unspecified atom stereocenters. The van der Waals surface area contributed by atoms with Crippen molar-refractivity contribution in [1.82, 2.24) is 9.97 Å². The van der Waals surface area contributed by atoms with Crippen LogP contribution in [0.1, 0.15) is 46.0 Å². The second kappa shape index (κ2) is 5.43. The molecule has 1 aromatic rings. The predicted octanol–water partition coefficient (Wildman–Crippen LogP) is 2.99. The maximum Gasteiger partial charge on any atom is 0.138 e. The summed E-state index contributed by atoms with van der Waals surface area (Å²) in [5.41, 5.74) is 7.03. The number of hydrogen-bond donors (Lipinski definition) is 1. The molecule has 0 bridgehead atoms. The summed E-state index contributed by atoms with van der Waals surface area (Å²) in [6.07, 6.45) is 0. The summed E-state index contributed by atoms with van der Waals surface area (Å²) in [5, 5.41) is 1.24. The lowest BCUT2D eigenvalue weighted by molar-refractivity contribution is 0.543. The highest BCUT2D eigenvalue weighted by Crippen LogP contribution is 2.32. The first-order valence-electron chi connectivity index (χ1n) is 7.23. The van der Waals surface area contributed by atoms with E-state index in [4.69, 9.17) is 10.7 Å². The summed E-state index contributed by atoms with van der Waals surface area (Å²) in [6.45, 7) is 15.0. The Labute approximate surface area is 126 Å². The molecule has 2 heterocycles. The zero-order valence-corrected chi connectivity index (χ0v) is 14.2. The summed E-state index contributed by atoms with van der Waals surface area (Å²) in [7, 11) is 0. The van der Waals surface area contributed by atoms with Gasteiger partial charge in [0, 0.05) is 34.6 Å². The molecule has 0 aromatic carbocycles. The molecule has 1 aliphatic heterocycles. The van der Waals surface area contributed by atoms with E-state index in [-0.39, 0.29) is 5.41 Å². The lowest BCUT2D eigenvalue weighted by Gasteiger charge is -2.36. The summed E-state index contributed by atoms with van der Waals surface area (Å²) in [4.78, 5) is 11.7. The second-order valence-corrected chi connectivity index (χ2v) is 8.68. The fraction of sp³-hybridized carbons (Fsp3) is 0.733. The normalized spacial score (nSPS) is 24.0. The fourth-order valence-electron chi connectivity index (χ4n) is 2.52. The molecule has 1 aromatic heterocycles. The highest BCUT2D eigenvalue weighted by molar-refractivity contribution is 8.00. The highest BCUT2D eigenvalue weighted by Gasteiger charge is 2.27. The van der Waals surface area contributed by atoms with Crippen molar-refractivity contribution in [1.29, 1.82) is 0 Å². The van der Waals surface area contributed by atoms with E-state index in [1.54, 1.807) is 0 Å². The molecule has 2 rings (SSSR count). The molecule has 4 nitrogen and oxygen atoms in total. The van der Waals surface area contributed by atoms with Gasteiger partial charge in [0.2, 0.25) is 0 Å². The highest BCUT2D eigenvalue weighted by atomic mass is 32.2. The first-order valence-corrected chi connectivity index (χ1v) is 8.17. The Hall–Kier alpha value is -0.970. The largest absolute Gasteiger partial charge is 0.383 e. The van der Waals surface area contributed by atoms with Crippen molar-refractivity contribution in [3.63, 3.8) is 0 Å². The topological polar surface area (TPSA) is 55.0 Å². The average molecular weight is 294 g/mol. The Bertz CT molecular complexity index is 485. The number of hydrogen-bond acceptors (Lipinski definition) is 5. The maximum atomic E-state index is 6.11. The van der Waals surface area contributed by atoms with E-state index in [0.29, 0.717) is 16.3 Å². The molecule has 0 aliphatic carbocycles. The van der Waals surface area contributed by atoms with Gasteiger partial charge < -0.3 is 10.6 Å². The van der Waals surface area contributed by atoms with Gasteiger partial charge in [-0.05, 0) is 6.92 Å². The molecule has 112 valence electrons. The van der Waals surface area contributed by atoms with Crippen LogP contribution >= 0.6 is 11.8 Å². The zero-order valence-electron chi connectivity index (χ0n) is 13.4. The van der Waals surface area contributed by atoms with Gasteiger partial charge >= 0.3 is 0 Å². The minimum atomic E-state index is -0.0850. The van der Waals surface area contributed by atoms with Crippen molar-refractivity contribution in [3.8, 4) is 0 Å². The molecule has 1 saturated heterocycles. The van der Waals surface area contributed by atoms with E-state index >= 15 is 0 Å². The van der Waals surface area contributed by atoms with Gasteiger partial charge in [-0.2, -0.15) is 11.8 Å². The maximum absolute atomic E-state index is 6.11. The number of nitrogens with two attached hydrogens (primary N) is 1. The van der Waals surface area contributed by atoms with Crippen LogP contribution in [-0.4, -0.2) is 33.6 Å². The number of nitrogens with zero attached hydrogens (tertiary/aromatic N) is 3. The van der Waals surface area contributed by atoms with Crippen LogP contribution in [0.5, 0.6) is 0 Å². The molecule has 20 heavy (non-hydrogen) atoms. The minimum absolute atomic E-state index is 0.0850. The second-order valence-electron chi connectivity index (χ2n) is 6.79. The van der Waals surface area contributed by atoms with Gasteiger partial charge in [0.15, 0.2) is 0 Å². The molecule has 0 amide bonds. The Morgan fingerprint density at radius 2 is 1.70 bits per heavy atom. The van der Waals surface area contributed by atoms with E-state index in [1.807, 2.05) is 18.7 Å². The molecule has 1 fully saturated rings. The van der Waals surface area contributed by atoms with Gasteiger partial charge in [0.25, 0.3) is 0 Å². The van der Waals surface area contributed by atoms with Gasteiger partial charge in [-0.15, -0.1) is 0 Å². The van der Waals surface area contributed by atoms with Crippen LogP contribution in [0.25, 0.3) is 0 Å². The van der Waals surface area contributed by atoms with Gasteiger partial charge in [-0.25, -0.2) is 9.97 Å². The van der Waals surface area contributed by atoms with Gasteiger partial charge in [-0.3, -0.25) is 0 Å². The lowest BCUT2D eigenvalue weighted by Crippen LogP contribution is -2.41. The number of thioether (sulfide) groups is 1. The van der Waals surface area contributed by atoms with E-state index in [9.17, 15) is 0 Å². The molecular weight excluding hydrogens is 268 g/mol. The van der Waals surface area contributed by atoms with Crippen LogP contribution < -0.4 is 10.6 Å². The number of aromatic nitrogens is 2. The van der Waals surface area contributed by atoms with Crippen molar-refractivity contribution in [2.75, 3.05) is 23.7 Å². The van der Waals surface area contributed by atoms with E-state index in [2.05, 4.69) is 44.5 Å². The Kier molecular flexibility index (Phi) is 4.19. The molecule has 1 aliphatic rings. The smallest absolute Gasteiger partial charge is 0.138 e. The zero-order chi connectivity index (χ0) is 15.1. The van der Waals surface area contributed by atoms with E-state index in [0.717, 1.165) is 30.3 Å². The first kappa shape index (κ1) is 15.4. The summed E-state index contributed by atoms with van der Waals surface area (Å²) >= 11 is 2.04. The Balaban J connectivity index is 2.42. The lowest BCUT2D eigenvalue weighted by atomic mass is 9.95. The van der Waals surface area contributed by atoms with E-state index < -0.39 is 0 Å². The predicted molar refractivity (Wildman–Crippen MR) is 88.6 cm³/mol. The number of rotatable bonds is 1. The number of nitrogen functional groups attached to an aromatic ring is 1. The van der Waals surface area contributed by atoms with E-state index in [1.165, 1.54) is 0 Å². The summed E-state index contributed by atoms with van der Waals surface area (Å²) in [6, 6.07) is 0. The van der Waals surface area contributed by atoms with Crippen LogP contribution in [0.2, 0.25) is 0 Å². The fourth-order valence-corrected chi connectivity index (χ4v) is 3.84. The standard InChI is InChI=1S/C15H26N4S/c1-9-7-19(8-10(2)20-9)13-11(3)12(16)17-14(18-13)15(4,5)6/h9-10H,7-8H2,1-6H3,(H2,16,17,18). The summed E-state index contributed by atoms with van der Waals surface area (Å²) in [5.74, 6) is 2.45. The number of anilines is 2. The van der Waals surface area contributed by atoms with Crippen LogP contribution in [0.3, 0.4) is 0 Å². The molecule has 5 heteroatoms. The molecule has 2 atom stereocenters. The van der Waals surface area contributed by atoms with Crippen LogP contribution in [0.4, 0.5) is 11.6 Å². The van der Waals surface area contributed by atoms with Crippen LogP contribution in [0, 0.1) is 6.92 Å². The monoisotopic (exact) mass is 294 g/mol. The Morgan fingerprint density at radius 1 is 1.15 bits per heavy atom. The quantitative estimate of drug-likeness (QED) is 0.863. The van der Waals surface area contributed by atoms with Crippen molar-refractivity contribution < 1.29 is 0 Å². The van der Waals surface area contributed by atoms with Crippen molar-refractivity contribution in [3.05, 3.63) is 11.4 Å². The first-order chi connectivity index (χ1) is 9.18. The minimum Gasteiger partial charge on any atom is -0.383 e. The third kappa shape index (κ3) is 3.19. The molecule has 0 spiro atoms. The van der Waals surface area contributed by atoms with Crippen molar-refractivity contribution >= 4 is 23.4 Å². The van der Waals surface area contributed by atoms with Crippen molar-refractivity contribution in [2.24, 2.45) is 0 Å². The van der Waals surface area contributed by atoms with Crippen molar-refractivity contribution in [2.45, 2.75) is 57.5 Å². The Morgan fingerprint density at radius 3 is 2.20 bits per heavy atom. The van der Waals surface area contributed by atoms with Gasteiger partial charge in [0.1, 0.15) is 17.5 Å². The molecular formula is C15H26N4S. The molecule has 2 N–H and O–H groups in total. The molecule has 0 radical (unpaired) electrons. The van der Waals surface area contributed by atoms with Gasteiger partial charge in [-0.1, -0.05) is 34.6 Å². The van der Waals surface area contributed by atoms with Gasteiger partial charge in [0.05, 0.1) is 0 Å². The SMILES string of the molecule is Cc1c(N)nc(C(C)(C)C)nc1N1CC(C)SC(C)C1. The molecule has 0 saturated carbocycles. The third-order valence-electron chi connectivity index (χ3n) is 3.55. The van der Waals surface area contributed by atoms with Crippen LogP contribution in [0.15, 0.2) is 0 Å². The third-order valence-corrected chi connectivity index (χ3v) is 4.78. The van der Waals surface area contributed by atoms with Crippen LogP contribution in [-0.2, 0) is 5.41 Å². The average Bonchev–Trinajstić information content (AvgIpc) is 2.29.